The van der Waals surface area contributed by atoms with Crippen LogP contribution < -0.4 is 10.4 Å². The predicted octanol–water partition coefficient (Wildman–Crippen LogP) is 4.23. The van der Waals surface area contributed by atoms with E-state index in [0.717, 1.165) is 4.90 Å². The van der Waals surface area contributed by atoms with E-state index in [1.54, 1.807) is 11.8 Å². The molecule has 186 valence electrons. The molecule has 2 N–H and O–H groups in total. The van der Waals surface area contributed by atoms with E-state index in [2.05, 4.69) is 81.4 Å². The highest BCUT2D eigenvalue weighted by molar-refractivity contribution is 7.99. The van der Waals surface area contributed by atoms with Crippen molar-refractivity contribution in [3.05, 3.63) is 91.0 Å². The number of ether oxygens (including phenoxy) is 1. The third kappa shape index (κ3) is 5.90. The van der Waals surface area contributed by atoms with Gasteiger partial charge in [0.15, 0.2) is 0 Å². The Morgan fingerprint density at radius 1 is 0.914 bits per heavy atom. The maximum Gasteiger partial charge on any atom is 0.261 e. The third-order valence-corrected chi connectivity index (χ3v) is 12.8. The van der Waals surface area contributed by atoms with Crippen LogP contribution in [0.2, 0.25) is 5.04 Å². The number of rotatable bonds is 9. The average Bonchev–Trinajstić information content (AvgIpc) is 3.24. The van der Waals surface area contributed by atoms with Gasteiger partial charge in [-0.1, -0.05) is 99.6 Å². The SMILES string of the molecule is CC(C)(C)[Si](OC[C@@H](O)[C@@H]1C[C@@H](O)[C@@H](CSc2ccccc2)O1)(c1ccccc1)c1ccccc1. The molecule has 1 fully saturated rings. The predicted molar refractivity (Wildman–Crippen MR) is 146 cm³/mol. The van der Waals surface area contributed by atoms with Crippen molar-refractivity contribution in [1.29, 1.82) is 0 Å². The molecule has 1 aliphatic heterocycles. The molecule has 0 aliphatic carbocycles. The minimum atomic E-state index is -2.74. The molecule has 1 aliphatic rings. The number of hydrogen-bond acceptors (Lipinski definition) is 5. The van der Waals surface area contributed by atoms with E-state index in [4.69, 9.17) is 9.16 Å². The quantitative estimate of drug-likeness (QED) is 0.335. The van der Waals surface area contributed by atoms with Crippen LogP contribution in [-0.2, 0) is 9.16 Å². The summed E-state index contributed by atoms with van der Waals surface area (Å²) in [7, 11) is -2.74. The number of thioether (sulfide) groups is 1. The summed E-state index contributed by atoms with van der Waals surface area (Å²) in [6.07, 6.45) is -1.78. The van der Waals surface area contributed by atoms with Gasteiger partial charge in [0.05, 0.1) is 24.9 Å². The second-order valence-electron chi connectivity index (χ2n) is 10.2. The van der Waals surface area contributed by atoms with Crippen molar-refractivity contribution in [3.8, 4) is 0 Å². The standard InChI is InChI=1S/C29H36O4SSi/c1-29(2,3)35(23-15-9-5-10-16-23,24-17-11-6-12-18-24)32-20-26(31)27-19-25(30)28(33-27)21-34-22-13-7-4-8-14-22/h4-18,25-28,30-31H,19-21H2,1-3H3/t25-,26-,27+,28-/m1/s1. The maximum atomic E-state index is 11.1. The molecule has 4 atom stereocenters. The Labute approximate surface area is 214 Å². The van der Waals surface area contributed by atoms with Crippen LogP contribution in [0.15, 0.2) is 95.9 Å². The number of aliphatic hydroxyl groups excluding tert-OH is 2. The molecule has 35 heavy (non-hydrogen) atoms. The van der Waals surface area contributed by atoms with E-state index >= 15 is 0 Å². The van der Waals surface area contributed by atoms with Crippen LogP contribution in [0, 0.1) is 0 Å². The van der Waals surface area contributed by atoms with E-state index in [0.29, 0.717) is 12.2 Å². The Morgan fingerprint density at radius 2 is 1.43 bits per heavy atom. The summed E-state index contributed by atoms with van der Waals surface area (Å²) in [5.41, 5.74) is 0. The van der Waals surface area contributed by atoms with Gasteiger partial charge in [0.2, 0.25) is 0 Å². The molecule has 1 heterocycles. The summed E-state index contributed by atoms with van der Waals surface area (Å²) in [6, 6.07) is 30.9. The topological polar surface area (TPSA) is 58.9 Å². The molecule has 4 rings (SSSR count). The first-order chi connectivity index (χ1) is 16.8. The molecule has 0 spiro atoms. The molecule has 4 nitrogen and oxygen atoms in total. The van der Waals surface area contributed by atoms with Crippen LogP contribution in [0.4, 0.5) is 0 Å². The molecular formula is C29H36O4SSi. The summed E-state index contributed by atoms with van der Waals surface area (Å²) in [4.78, 5) is 1.14. The largest absolute Gasteiger partial charge is 0.405 e. The zero-order valence-corrected chi connectivity index (χ0v) is 22.5. The molecular weight excluding hydrogens is 472 g/mol. The summed E-state index contributed by atoms with van der Waals surface area (Å²) in [5.74, 6) is 0.643. The maximum absolute atomic E-state index is 11.1. The second kappa shape index (κ2) is 11.4. The zero-order valence-electron chi connectivity index (χ0n) is 20.7. The van der Waals surface area contributed by atoms with Crippen LogP contribution in [0.1, 0.15) is 27.2 Å². The van der Waals surface area contributed by atoms with Gasteiger partial charge in [-0.05, 0) is 27.5 Å². The monoisotopic (exact) mass is 508 g/mol. The number of aliphatic hydroxyl groups is 2. The molecule has 3 aromatic carbocycles. The van der Waals surface area contributed by atoms with Crippen molar-refractivity contribution in [2.24, 2.45) is 0 Å². The van der Waals surface area contributed by atoms with Gasteiger partial charge in [-0.2, -0.15) is 0 Å². The molecule has 6 heteroatoms. The van der Waals surface area contributed by atoms with Crippen LogP contribution in [-0.4, -0.2) is 55.3 Å². The Bertz CT molecular complexity index is 1000. The highest BCUT2D eigenvalue weighted by Gasteiger charge is 2.51. The zero-order chi connectivity index (χ0) is 24.9. The summed E-state index contributed by atoms with van der Waals surface area (Å²) < 4.78 is 13.0. The normalized spacial score (nSPS) is 21.7. The number of hydrogen-bond donors (Lipinski definition) is 2. The van der Waals surface area contributed by atoms with E-state index in [1.165, 1.54) is 10.4 Å². The van der Waals surface area contributed by atoms with Gasteiger partial charge >= 0.3 is 0 Å². The summed E-state index contributed by atoms with van der Waals surface area (Å²) in [5, 5.41) is 24.0. The smallest absolute Gasteiger partial charge is 0.261 e. The molecule has 0 bridgehead atoms. The van der Waals surface area contributed by atoms with Gasteiger partial charge in [-0.15, -0.1) is 11.8 Å². The van der Waals surface area contributed by atoms with Crippen molar-refractivity contribution in [2.75, 3.05) is 12.4 Å². The first-order valence-corrected chi connectivity index (χ1v) is 15.1. The Kier molecular flexibility index (Phi) is 8.53. The van der Waals surface area contributed by atoms with E-state index < -0.39 is 26.6 Å². The van der Waals surface area contributed by atoms with Crippen molar-refractivity contribution >= 4 is 30.5 Å². The Hall–Kier alpha value is -1.93. The van der Waals surface area contributed by atoms with Crippen molar-refractivity contribution in [2.45, 2.75) is 61.5 Å². The first-order valence-electron chi connectivity index (χ1n) is 12.3. The van der Waals surface area contributed by atoms with E-state index in [-0.39, 0.29) is 17.7 Å². The fourth-order valence-corrected chi connectivity index (χ4v) is 10.5. The number of benzene rings is 3. The lowest BCUT2D eigenvalue weighted by Gasteiger charge is -2.43. The molecule has 0 unspecified atom stereocenters. The molecule has 0 saturated carbocycles. The molecule has 0 radical (unpaired) electrons. The Morgan fingerprint density at radius 3 is 1.94 bits per heavy atom. The van der Waals surface area contributed by atoms with Crippen LogP contribution in [0.5, 0.6) is 0 Å². The van der Waals surface area contributed by atoms with Gasteiger partial charge in [0.25, 0.3) is 8.32 Å². The van der Waals surface area contributed by atoms with Gasteiger partial charge in [-0.25, -0.2) is 0 Å². The lowest BCUT2D eigenvalue weighted by Crippen LogP contribution is -2.67. The van der Waals surface area contributed by atoms with Crippen LogP contribution in [0.25, 0.3) is 0 Å². The third-order valence-electron chi connectivity index (χ3n) is 6.73. The lowest BCUT2D eigenvalue weighted by molar-refractivity contribution is -0.0505. The first kappa shape index (κ1) is 26.1. The minimum Gasteiger partial charge on any atom is -0.405 e. The van der Waals surface area contributed by atoms with Gasteiger partial charge < -0.3 is 19.4 Å². The van der Waals surface area contributed by atoms with Crippen molar-refractivity contribution in [1.82, 2.24) is 0 Å². The van der Waals surface area contributed by atoms with Gasteiger partial charge in [0, 0.05) is 17.1 Å². The molecule has 1 saturated heterocycles. The lowest BCUT2D eigenvalue weighted by atomic mass is 10.1. The second-order valence-corrected chi connectivity index (χ2v) is 15.6. The fraction of sp³-hybridized carbons (Fsp3) is 0.379. The molecule has 0 aromatic heterocycles. The van der Waals surface area contributed by atoms with E-state index in [1.807, 2.05) is 30.3 Å². The molecule has 3 aromatic rings. The highest BCUT2D eigenvalue weighted by Crippen LogP contribution is 2.37. The average molecular weight is 509 g/mol. The summed E-state index contributed by atoms with van der Waals surface area (Å²) >= 11 is 1.66. The van der Waals surface area contributed by atoms with E-state index in [9.17, 15) is 10.2 Å². The van der Waals surface area contributed by atoms with Crippen molar-refractivity contribution < 1.29 is 19.4 Å². The summed E-state index contributed by atoms with van der Waals surface area (Å²) in [6.45, 7) is 6.82. The van der Waals surface area contributed by atoms with Gasteiger partial charge in [-0.3, -0.25) is 0 Å². The molecule has 0 amide bonds. The Balaban J connectivity index is 1.49. The van der Waals surface area contributed by atoms with Crippen LogP contribution in [0.3, 0.4) is 0 Å². The fourth-order valence-electron chi connectivity index (χ4n) is 4.93. The highest BCUT2D eigenvalue weighted by atomic mass is 32.2. The van der Waals surface area contributed by atoms with Crippen LogP contribution >= 0.6 is 11.8 Å². The minimum absolute atomic E-state index is 0.156. The van der Waals surface area contributed by atoms with Gasteiger partial charge in [0.1, 0.15) is 6.10 Å². The van der Waals surface area contributed by atoms with Crippen molar-refractivity contribution in [3.63, 3.8) is 0 Å².